The summed E-state index contributed by atoms with van der Waals surface area (Å²) in [5, 5.41) is 0. The minimum absolute atomic E-state index is 0.0799. The van der Waals surface area contributed by atoms with Gasteiger partial charge in [-0.2, -0.15) is 0 Å². The average molecular weight is 563 g/mol. The monoisotopic (exact) mass is 562 g/mol. The molecule has 0 saturated carbocycles. The van der Waals surface area contributed by atoms with Gasteiger partial charge in [-0.15, -0.1) is 0 Å². The van der Waals surface area contributed by atoms with Gasteiger partial charge in [0.05, 0.1) is 33.2 Å². The van der Waals surface area contributed by atoms with E-state index in [1.165, 1.54) is 77.0 Å². The molecule has 4 aliphatic rings. The molecule has 0 aromatic rings. The Hall–Kier alpha value is -1.46. The zero-order valence-corrected chi connectivity index (χ0v) is 25.7. The van der Waals surface area contributed by atoms with Crippen molar-refractivity contribution in [3.8, 4) is 0 Å². The maximum Gasteiger partial charge on any atom is 0.321 e. The molecule has 0 aromatic heterocycles. The lowest BCUT2D eigenvalue weighted by Gasteiger charge is -2.44. The van der Waals surface area contributed by atoms with Gasteiger partial charge in [0.15, 0.2) is 0 Å². The molecular formula is C30H58N8O2. The van der Waals surface area contributed by atoms with Crippen molar-refractivity contribution in [1.82, 2.24) is 39.2 Å². The maximum atomic E-state index is 14.1. The van der Waals surface area contributed by atoms with Crippen LogP contribution in [0.5, 0.6) is 0 Å². The summed E-state index contributed by atoms with van der Waals surface area (Å²) >= 11 is 0. The van der Waals surface area contributed by atoms with Gasteiger partial charge in [-0.25, -0.2) is 4.79 Å². The summed E-state index contributed by atoms with van der Waals surface area (Å²) < 4.78 is 0. The van der Waals surface area contributed by atoms with E-state index in [0.717, 1.165) is 65.4 Å². The second-order valence-corrected chi connectivity index (χ2v) is 12.8. The number of rotatable bonds is 13. The minimum Gasteiger partial charge on any atom is -0.315 e. The molecule has 0 spiro atoms. The number of carbonyl (C=O) groups is 2. The van der Waals surface area contributed by atoms with Gasteiger partial charge in [0.1, 0.15) is 6.17 Å². The number of hydrogen-bond donors (Lipinski definition) is 0. The van der Waals surface area contributed by atoms with Gasteiger partial charge >= 0.3 is 6.03 Å². The van der Waals surface area contributed by atoms with Gasteiger partial charge in [0.25, 0.3) is 0 Å². The fourth-order valence-corrected chi connectivity index (χ4v) is 6.98. The van der Waals surface area contributed by atoms with E-state index in [4.69, 9.17) is 0 Å². The van der Waals surface area contributed by atoms with Crippen LogP contribution >= 0.6 is 0 Å². The van der Waals surface area contributed by atoms with Crippen LogP contribution in [-0.2, 0) is 4.79 Å². The van der Waals surface area contributed by atoms with E-state index in [2.05, 4.69) is 31.5 Å². The molecule has 0 radical (unpaired) electrons. The normalized spacial score (nSPS) is 23.2. The van der Waals surface area contributed by atoms with Crippen LogP contribution in [0, 0.1) is 0 Å². The van der Waals surface area contributed by atoms with Crippen LogP contribution in [0.2, 0.25) is 0 Å². The van der Waals surface area contributed by atoms with E-state index in [1.807, 2.05) is 21.7 Å². The molecule has 10 heteroatoms. The molecule has 4 fully saturated rings. The molecule has 3 amide bonds. The van der Waals surface area contributed by atoms with Crippen molar-refractivity contribution in [2.24, 2.45) is 0 Å². The molecule has 230 valence electrons. The number of nitrogens with zero attached hydrogens (tertiary/aromatic N) is 8. The first-order valence-corrected chi connectivity index (χ1v) is 16.3. The first-order chi connectivity index (χ1) is 19.5. The Morgan fingerprint density at radius 2 is 1.00 bits per heavy atom. The molecule has 0 aromatic carbocycles. The number of likely N-dealkylation sites (tertiary alicyclic amines) is 4. The SMILES string of the molecule is CN(CN1CCCCC1)C(=O)N(C[C@@H](N(C)CN1CCCCC1)N(C=O)CN1CCCCC1)CN1CCCCC1. The second-order valence-electron chi connectivity index (χ2n) is 12.8. The van der Waals surface area contributed by atoms with E-state index >= 15 is 0 Å². The number of hydrogen-bond acceptors (Lipinski definition) is 7. The second kappa shape index (κ2) is 16.9. The van der Waals surface area contributed by atoms with Gasteiger partial charge in [0, 0.05) is 7.05 Å². The first-order valence-electron chi connectivity index (χ1n) is 16.3. The van der Waals surface area contributed by atoms with Gasteiger partial charge in [-0.05, 0) is 111 Å². The first kappa shape index (κ1) is 31.5. The molecule has 1 atom stereocenters. The van der Waals surface area contributed by atoms with Gasteiger partial charge in [-0.1, -0.05) is 25.7 Å². The summed E-state index contributed by atoms with van der Waals surface area (Å²) in [5.74, 6) is 0. The van der Waals surface area contributed by atoms with Crippen molar-refractivity contribution in [1.29, 1.82) is 0 Å². The van der Waals surface area contributed by atoms with Crippen LogP contribution in [0.25, 0.3) is 0 Å². The van der Waals surface area contributed by atoms with Crippen molar-refractivity contribution < 1.29 is 9.59 Å². The Labute approximate surface area is 244 Å². The molecule has 0 N–H and O–H groups in total. The largest absolute Gasteiger partial charge is 0.321 e. The molecule has 4 heterocycles. The topological polar surface area (TPSA) is 60.1 Å². The summed E-state index contributed by atoms with van der Waals surface area (Å²) in [6, 6.07) is 0.0799. The van der Waals surface area contributed by atoms with Crippen molar-refractivity contribution in [3.63, 3.8) is 0 Å². The number of carbonyl (C=O) groups excluding carboxylic acids is 2. The number of piperidine rings is 4. The molecule has 10 nitrogen and oxygen atoms in total. The summed E-state index contributed by atoms with van der Waals surface area (Å²) in [4.78, 5) is 44.8. The van der Waals surface area contributed by atoms with Crippen LogP contribution in [0.15, 0.2) is 0 Å². The Morgan fingerprint density at radius 1 is 0.600 bits per heavy atom. The summed E-state index contributed by atoms with van der Waals surface area (Å²) in [5.41, 5.74) is 0. The van der Waals surface area contributed by atoms with Gasteiger partial charge < -0.3 is 14.7 Å². The third-order valence-corrected chi connectivity index (χ3v) is 9.37. The van der Waals surface area contributed by atoms with Gasteiger partial charge in [0.2, 0.25) is 6.41 Å². The van der Waals surface area contributed by atoms with E-state index in [9.17, 15) is 9.59 Å². The van der Waals surface area contributed by atoms with Crippen LogP contribution in [-0.4, -0.2) is 157 Å². The fraction of sp³-hybridized carbons (Fsp3) is 0.933. The highest BCUT2D eigenvalue weighted by Gasteiger charge is 2.32. The lowest BCUT2D eigenvalue weighted by atomic mass is 10.1. The molecule has 4 saturated heterocycles. The quantitative estimate of drug-likeness (QED) is 0.253. The van der Waals surface area contributed by atoms with Crippen LogP contribution in [0.3, 0.4) is 0 Å². The molecule has 0 bridgehead atoms. The van der Waals surface area contributed by atoms with E-state index in [-0.39, 0.29) is 12.2 Å². The van der Waals surface area contributed by atoms with E-state index < -0.39 is 0 Å². The molecule has 4 rings (SSSR count). The number of amides is 3. The number of urea groups is 1. The predicted molar refractivity (Wildman–Crippen MR) is 160 cm³/mol. The Kier molecular flexibility index (Phi) is 13.3. The van der Waals surface area contributed by atoms with Crippen LogP contribution in [0.4, 0.5) is 4.79 Å². The molecule has 4 aliphatic heterocycles. The number of likely N-dealkylation sites (N-methyl/N-ethyl adjacent to an activating group) is 1. The minimum atomic E-state index is -0.168. The third-order valence-electron chi connectivity index (χ3n) is 9.37. The lowest BCUT2D eigenvalue weighted by Crippen LogP contribution is -2.60. The Morgan fingerprint density at radius 3 is 1.45 bits per heavy atom. The van der Waals surface area contributed by atoms with E-state index in [1.54, 1.807) is 0 Å². The fourth-order valence-electron chi connectivity index (χ4n) is 6.98. The highest BCUT2D eigenvalue weighted by atomic mass is 16.2. The average Bonchev–Trinajstić information content (AvgIpc) is 3.00. The van der Waals surface area contributed by atoms with Crippen molar-refractivity contribution >= 4 is 12.4 Å². The summed E-state index contributed by atoms with van der Waals surface area (Å²) in [6.45, 7) is 11.8. The zero-order valence-electron chi connectivity index (χ0n) is 25.7. The van der Waals surface area contributed by atoms with E-state index in [0.29, 0.717) is 26.6 Å². The standard InChI is InChI=1S/C30H58N8O2/c1-31(24-33-15-7-3-8-16-33)29(38(28-39)27-36-21-13-6-14-22-36)23-37(26-35-19-11-5-12-20-35)30(40)32(2)25-34-17-9-4-10-18-34/h28-29H,3-27H2,1-2H3/t29-/m0/s1. The Bertz CT molecular complexity index is 733. The Balaban J connectivity index is 1.50. The molecule has 0 aliphatic carbocycles. The van der Waals surface area contributed by atoms with Crippen LogP contribution < -0.4 is 0 Å². The maximum absolute atomic E-state index is 14.1. The molecule has 40 heavy (non-hydrogen) atoms. The van der Waals surface area contributed by atoms with Crippen LogP contribution in [0.1, 0.15) is 77.0 Å². The summed E-state index contributed by atoms with van der Waals surface area (Å²) in [7, 11) is 4.10. The zero-order chi connectivity index (χ0) is 28.2. The van der Waals surface area contributed by atoms with Gasteiger partial charge in [-0.3, -0.25) is 29.3 Å². The lowest BCUT2D eigenvalue weighted by molar-refractivity contribution is -0.129. The highest BCUT2D eigenvalue weighted by Crippen LogP contribution is 2.18. The highest BCUT2D eigenvalue weighted by molar-refractivity contribution is 5.74. The smallest absolute Gasteiger partial charge is 0.315 e. The van der Waals surface area contributed by atoms with Crippen molar-refractivity contribution in [2.75, 3.05) is 99.7 Å². The molecule has 0 unspecified atom stereocenters. The summed E-state index contributed by atoms with van der Waals surface area (Å²) in [6.07, 6.45) is 15.7. The molecular weight excluding hydrogens is 504 g/mol. The van der Waals surface area contributed by atoms with Crippen molar-refractivity contribution in [3.05, 3.63) is 0 Å². The predicted octanol–water partition coefficient (Wildman–Crippen LogP) is 2.83. The third kappa shape index (κ3) is 9.82. The van der Waals surface area contributed by atoms with Crippen molar-refractivity contribution in [2.45, 2.75) is 83.2 Å².